The van der Waals surface area contributed by atoms with Crippen molar-refractivity contribution in [2.75, 3.05) is 40.9 Å². The van der Waals surface area contributed by atoms with Gasteiger partial charge in [-0.3, -0.25) is 19.2 Å². The van der Waals surface area contributed by atoms with Gasteiger partial charge in [-0.05, 0) is 24.3 Å². The van der Waals surface area contributed by atoms with E-state index >= 15 is 0 Å². The normalized spacial score (nSPS) is 9.72. The molecule has 9 heteroatoms. The first kappa shape index (κ1) is 19.9. The lowest BCUT2D eigenvalue weighted by molar-refractivity contribution is -0.147. The Morgan fingerprint density at radius 1 is 1.00 bits per heavy atom. The average molecular weight is 351 g/mol. The molecule has 136 valence electrons. The number of hydrogen-bond donors (Lipinski definition) is 2. The standard InChI is InChI=1S/C16H21N3O6/c1-19(2)14(21)8-17-13(20)10-25-15(22)9-18-16(23)11-4-6-12(24-3)7-5-11/h4-7H,8-10H2,1-3H3,(H,17,20)(H,18,23). The minimum atomic E-state index is -0.768. The summed E-state index contributed by atoms with van der Waals surface area (Å²) in [5.41, 5.74) is 0.355. The molecule has 0 aliphatic carbocycles. The van der Waals surface area contributed by atoms with Gasteiger partial charge in [-0.15, -0.1) is 0 Å². The van der Waals surface area contributed by atoms with Crippen LogP contribution in [0, 0.1) is 0 Å². The van der Waals surface area contributed by atoms with Gasteiger partial charge in [0.05, 0.1) is 13.7 Å². The number of methoxy groups -OCH3 is 1. The topological polar surface area (TPSA) is 114 Å². The van der Waals surface area contributed by atoms with Gasteiger partial charge < -0.3 is 25.0 Å². The van der Waals surface area contributed by atoms with Crippen molar-refractivity contribution in [3.63, 3.8) is 0 Å². The Morgan fingerprint density at radius 3 is 2.20 bits per heavy atom. The van der Waals surface area contributed by atoms with Gasteiger partial charge in [0, 0.05) is 19.7 Å². The molecule has 1 rings (SSSR count). The zero-order valence-corrected chi connectivity index (χ0v) is 14.3. The maximum absolute atomic E-state index is 11.8. The first-order valence-electron chi connectivity index (χ1n) is 7.38. The zero-order chi connectivity index (χ0) is 18.8. The third-order valence-corrected chi connectivity index (χ3v) is 3.05. The smallest absolute Gasteiger partial charge is 0.325 e. The number of benzene rings is 1. The molecule has 0 aromatic heterocycles. The Balaban J connectivity index is 2.28. The summed E-state index contributed by atoms with van der Waals surface area (Å²) in [5, 5.41) is 4.69. The quantitative estimate of drug-likeness (QED) is 0.591. The molecule has 1 aromatic rings. The first-order valence-corrected chi connectivity index (χ1v) is 7.38. The summed E-state index contributed by atoms with van der Waals surface area (Å²) in [4.78, 5) is 47.4. The largest absolute Gasteiger partial charge is 0.497 e. The van der Waals surface area contributed by atoms with Gasteiger partial charge in [0.2, 0.25) is 5.91 Å². The SMILES string of the molecule is COc1ccc(C(=O)NCC(=O)OCC(=O)NCC(=O)N(C)C)cc1. The van der Waals surface area contributed by atoms with E-state index in [4.69, 9.17) is 9.47 Å². The van der Waals surface area contributed by atoms with E-state index in [2.05, 4.69) is 10.6 Å². The van der Waals surface area contributed by atoms with Crippen LogP contribution in [0.1, 0.15) is 10.4 Å². The van der Waals surface area contributed by atoms with Crippen molar-refractivity contribution in [3.8, 4) is 5.75 Å². The van der Waals surface area contributed by atoms with E-state index in [1.165, 1.54) is 12.0 Å². The number of carbonyl (C=O) groups is 4. The van der Waals surface area contributed by atoms with Crippen LogP contribution in [-0.2, 0) is 19.1 Å². The lowest BCUT2D eigenvalue weighted by Gasteiger charge is -2.11. The number of carbonyl (C=O) groups excluding carboxylic acids is 4. The third kappa shape index (κ3) is 7.34. The Hall–Kier alpha value is -3.10. The Labute approximate surface area is 145 Å². The van der Waals surface area contributed by atoms with Gasteiger partial charge in [-0.25, -0.2) is 0 Å². The Morgan fingerprint density at radius 2 is 1.64 bits per heavy atom. The fourth-order valence-electron chi connectivity index (χ4n) is 1.58. The molecule has 0 saturated heterocycles. The van der Waals surface area contributed by atoms with Crippen LogP contribution < -0.4 is 15.4 Å². The molecule has 9 nitrogen and oxygen atoms in total. The fourth-order valence-corrected chi connectivity index (χ4v) is 1.58. The predicted molar refractivity (Wildman–Crippen MR) is 88.0 cm³/mol. The molecule has 0 aliphatic heterocycles. The summed E-state index contributed by atoms with van der Waals surface area (Å²) in [6.45, 7) is -1.09. The van der Waals surface area contributed by atoms with E-state index in [1.54, 1.807) is 38.4 Å². The lowest BCUT2D eigenvalue weighted by Crippen LogP contribution is -2.39. The van der Waals surface area contributed by atoms with E-state index in [0.29, 0.717) is 11.3 Å². The van der Waals surface area contributed by atoms with E-state index < -0.39 is 24.4 Å². The van der Waals surface area contributed by atoms with Crippen molar-refractivity contribution in [2.24, 2.45) is 0 Å². The van der Waals surface area contributed by atoms with Gasteiger partial charge in [0.1, 0.15) is 12.3 Å². The highest BCUT2D eigenvalue weighted by Gasteiger charge is 2.12. The van der Waals surface area contributed by atoms with Crippen molar-refractivity contribution in [1.29, 1.82) is 0 Å². The van der Waals surface area contributed by atoms with Crippen molar-refractivity contribution in [2.45, 2.75) is 0 Å². The van der Waals surface area contributed by atoms with Crippen molar-refractivity contribution in [3.05, 3.63) is 29.8 Å². The average Bonchev–Trinajstić information content (AvgIpc) is 2.62. The number of hydrogen-bond acceptors (Lipinski definition) is 6. The molecule has 25 heavy (non-hydrogen) atoms. The molecule has 0 spiro atoms. The molecule has 0 saturated carbocycles. The second-order valence-electron chi connectivity index (χ2n) is 5.14. The van der Waals surface area contributed by atoms with Crippen molar-refractivity contribution < 1.29 is 28.7 Å². The summed E-state index contributed by atoms with van der Waals surface area (Å²) in [6, 6.07) is 6.34. The maximum Gasteiger partial charge on any atom is 0.325 e. The number of likely N-dealkylation sites (N-methyl/N-ethyl adjacent to an activating group) is 1. The van der Waals surface area contributed by atoms with Crippen LogP contribution in [-0.4, -0.2) is 69.5 Å². The van der Waals surface area contributed by atoms with E-state index in [9.17, 15) is 19.2 Å². The molecule has 0 heterocycles. The Bertz CT molecular complexity index is 627. The monoisotopic (exact) mass is 351 g/mol. The molecular weight excluding hydrogens is 330 g/mol. The predicted octanol–water partition coefficient (Wildman–Crippen LogP) is -0.827. The highest BCUT2D eigenvalue weighted by molar-refractivity contribution is 5.96. The highest BCUT2D eigenvalue weighted by atomic mass is 16.5. The van der Waals surface area contributed by atoms with Crippen LogP contribution in [0.2, 0.25) is 0 Å². The third-order valence-electron chi connectivity index (χ3n) is 3.05. The number of nitrogens with one attached hydrogen (secondary N) is 2. The summed E-state index contributed by atoms with van der Waals surface area (Å²) >= 11 is 0. The summed E-state index contributed by atoms with van der Waals surface area (Å²) in [6.07, 6.45) is 0. The molecule has 3 amide bonds. The maximum atomic E-state index is 11.8. The second kappa shape index (κ2) is 9.91. The van der Waals surface area contributed by atoms with Gasteiger partial charge in [0.25, 0.3) is 11.8 Å². The molecule has 2 N–H and O–H groups in total. The summed E-state index contributed by atoms with van der Waals surface area (Å²) < 4.78 is 9.69. The number of nitrogens with zero attached hydrogens (tertiary/aromatic N) is 1. The van der Waals surface area contributed by atoms with Crippen LogP contribution >= 0.6 is 0 Å². The minimum Gasteiger partial charge on any atom is -0.497 e. The van der Waals surface area contributed by atoms with Crippen molar-refractivity contribution >= 4 is 23.7 Å². The number of rotatable bonds is 8. The molecule has 0 bridgehead atoms. The summed E-state index contributed by atoms with van der Waals surface area (Å²) in [5.74, 6) is -1.51. The molecule has 0 fully saturated rings. The number of amides is 3. The molecule has 1 aromatic carbocycles. The number of ether oxygens (including phenoxy) is 2. The van der Waals surface area contributed by atoms with Gasteiger partial charge in [-0.2, -0.15) is 0 Å². The van der Waals surface area contributed by atoms with Gasteiger partial charge in [0.15, 0.2) is 6.61 Å². The molecule has 0 unspecified atom stereocenters. The molecule has 0 atom stereocenters. The van der Waals surface area contributed by atoms with Crippen LogP contribution in [0.3, 0.4) is 0 Å². The van der Waals surface area contributed by atoms with E-state index in [0.717, 1.165) is 0 Å². The second-order valence-corrected chi connectivity index (χ2v) is 5.14. The van der Waals surface area contributed by atoms with Crippen LogP contribution in [0.4, 0.5) is 0 Å². The zero-order valence-electron chi connectivity index (χ0n) is 14.3. The lowest BCUT2D eigenvalue weighted by atomic mass is 10.2. The van der Waals surface area contributed by atoms with E-state index in [1.807, 2.05) is 0 Å². The van der Waals surface area contributed by atoms with Gasteiger partial charge >= 0.3 is 5.97 Å². The molecular formula is C16H21N3O6. The van der Waals surface area contributed by atoms with E-state index in [-0.39, 0.29) is 19.0 Å². The minimum absolute atomic E-state index is 0.183. The van der Waals surface area contributed by atoms with Crippen molar-refractivity contribution in [1.82, 2.24) is 15.5 Å². The summed E-state index contributed by atoms with van der Waals surface area (Å²) in [7, 11) is 4.62. The molecule has 0 aliphatic rings. The highest BCUT2D eigenvalue weighted by Crippen LogP contribution is 2.10. The Kier molecular flexibility index (Phi) is 7.91. The van der Waals surface area contributed by atoms with Crippen LogP contribution in [0.25, 0.3) is 0 Å². The fraction of sp³-hybridized carbons (Fsp3) is 0.375. The van der Waals surface area contributed by atoms with Crippen LogP contribution in [0.15, 0.2) is 24.3 Å². The van der Waals surface area contributed by atoms with Gasteiger partial charge in [-0.1, -0.05) is 0 Å². The number of esters is 1. The molecule has 0 radical (unpaired) electrons. The van der Waals surface area contributed by atoms with Crippen LogP contribution in [0.5, 0.6) is 5.75 Å². The first-order chi connectivity index (χ1) is 11.8.